The maximum Gasteiger partial charge on any atom is 0.237 e. The van der Waals surface area contributed by atoms with Crippen molar-refractivity contribution < 1.29 is 9.53 Å². The van der Waals surface area contributed by atoms with E-state index in [4.69, 9.17) is 10.6 Å². The molecule has 1 heterocycles. The minimum absolute atomic E-state index is 0.0429. The average Bonchev–Trinajstić information content (AvgIpc) is 2.54. The number of piperidine rings is 1. The van der Waals surface area contributed by atoms with Gasteiger partial charge < -0.3 is 4.74 Å². The Morgan fingerprint density at radius 2 is 2.00 bits per heavy atom. The van der Waals surface area contributed by atoms with Crippen molar-refractivity contribution in [2.24, 2.45) is 11.8 Å². The zero-order chi connectivity index (χ0) is 15.9. The van der Waals surface area contributed by atoms with Crippen molar-refractivity contribution in [1.82, 2.24) is 10.3 Å². The predicted octanol–water partition coefficient (Wildman–Crippen LogP) is 1.84. The van der Waals surface area contributed by atoms with Crippen molar-refractivity contribution in [3.05, 3.63) is 42.0 Å². The molecule has 1 saturated heterocycles. The number of hydrazine groups is 1. The summed E-state index contributed by atoms with van der Waals surface area (Å²) in [5.41, 5.74) is 4.51. The van der Waals surface area contributed by atoms with Crippen molar-refractivity contribution in [2.45, 2.75) is 26.3 Å². The highest BCUT2D eigenvalue weighted by atomic mass is 16.5. The first-order valence-corrected chi connectivity index (χ1v) is 7.67. The van der Waals surface area contributed by atoms with Gasteiger partial charge in [0.1, 0.15) is 12.4 Å². The first-order chi connectivity index (χ1) is 10.6. The maximum absolute atomic E-state index is 11.5. The molecule has 3 N–H and O–H groups in total. The van der Waals surface area contributed by atoms with Gasteiger partial charge in [0.2, 0.25) is 5.91 Å². The Bertz CT molecular complexity index is 505. The summed E-state index contributed by atoms with van der Waals surface area (Å²) in [5, 5.41) is 0. The zero-order valence-electron chi connectivity index (χ0n) is 13.2. The van der Waals surface area contributed by atoms with Crippen molar-refractivity contribution >= 4 is 5.91 Å². The van der Waals surface area contributed by atoms with E-state index in [1.807, 2.05) is 19.1 Å². The van der Waals surface area contributed by atoms with Crippen LogP contribution in [0.5, 0.6) is 5.75 Å². The summed E-state index contributed by atoms with van der Waals surface area (Å²) in [6.07, 6.45) is 1.73. The standard InChI is InChI=1S/C17H25N3O2/c1-13(2)12-22-16-5-3-14(4-6-16)11-20-9-7-15(8-10-20)17(21)19-18/h3-6,15H,1,7-12,18H2,2H3,(H,19,21). The van der Waals surface area contributed by atoms with Crippen molar-refractivity contribution in [3.8, 4) is 5.75 Å². The third-order valence-corrected chi connectivity index (χ3v) is 3.92. The van der Waals surface area contributed by atoms with Crippen LogP contribution < -0.4 is 16.0 Å². The smallest absolute Gasteiger partial charge is 0.237 e. The molecule has 0 atom stereocenters. The van der Waals surface area contributed by atoms with Gasteiger partial charge in [-0.25, -0.2) is 5.84 Å². The summed E-state index contributed by atoms with van der Waals surface area (Å²) in [7, 11) is 0. The van der Waals surface area contributed by atoms with Gasteiger partial charge in [-0.1, -0.05) is 18.7 Å². The Kier molecular flexibility index (Phi) is 5.98. The van der Waals surface area contributed by atoms with E-state index in [1.165, 1.54) is 5.56 Å². The molecular formula is C17H25N3O2. The van der Waals surface area contributed by atoms with Gasteiger partial charge >= 0.3 is 0 Å². The molecular weight excluding hydrogens is 278 g/mol. The van der Waals surface area contributed by atoms with Crippen LogP contribution in [0.25, 0.3) is 0 Å². The number of carbonyl (C=O) groups excluding carboxylic acids is 1. The molecule has 2 rings (SSSR count). The van der Waals surface area contributed by atoms with E-state index in [9.17, 15) is 4.79 Å². The normalized spacial score (nSPS) is 16.3. The van der Waals surface area contributed by atoms with Crippen molar-refractivity contribution in [1.29, 1.82) is 0 Å². The molecule has 0 aliphatic carbocycles. The number of amides is 1. The SMILES string of the molecule is C=C(C)COc1ccc(CN2CCC(C(=O)NN)CC2)cc1. The quantitative estimate of drug-likeness (QED) is 0.364. The molecule has 0 radical (unpaired) electrons. The van der Waals surface area contributed by atoms with E-state index in [0.717, 1.165) is 43.8 Å². The molecule has 0 saturated carbocycles. The fourth-order valence-electron chi connectivity index (χ4n) is 2.63. The minimum atomic E-state index is -0.0429. The Labute approximate surface area is 132 Å². The molecule has 22 heavy (non-hydrogen) atoms. The number of ether oxygens (including phenoxy) is 1. The fraction of sp³-hybridized carbons (Fsp3) is 0.471. The molecule has 120 valence electrons. The van der Waals surface area contributed by atoms with Crippen LogP contribution in [0.15, 0.2) is 36.4 Å². The summed E-state index contributed by atoms with van der Waals surface area (Å²) in [6.45, 7) is 9.07. The van der Waals surface area contributed by atoms with Gasteiger partial charge in [-0.2, -0.15) is 0 Å². The Balaban J connectivity index is 1.80. The molecule has 5 nitrogen and oxygen atoms in total. The molecule has 5 heteroatoms. The van der Waals surface area contributed by atoms with Gasteiger partial charge in [0.25, 0.3) is 0 Å². The summed E-state index contributed by atoms with van der Waals surface area (Å²) < 4.78 is 5.60. The van der Waals surface area contributed by atoms with Crippen LogP contribution in [-0.4, -0.2) is 30.5 Å². The molecule has 0 aromatic heterocycles. The van der Waals surface area contributed by atoms with Gasteiger partial charge in [0.15, 0.2) is 0 Å². The second-order valence-corrected chi connectivity index (χ2v) is 5.95. The number of nitrogens with zero attached hydrogens (tertiary/aromatic N) is 1. The average molecular weight is 303 g/mol. The summed E-state index contributed by atoms with van der Waals surface area (Å²) in [4.78, 5) is 13.9. The first-order valence-electron chi connectivity index (χ1n) is 7.67. The number of hydrogen-bond acceptors (Lipinski definition) is 4. The Morgan fingerprint density at radius 3 is 2.55 bits per heavy atom. The largest absolute Gasteiger partial charge is 0.489 e. The van der Waals surface area contributed by atoms with Crippen LogP contribution >= 0.6 is 0 Å². The minimum Gasteiger partial charge on any atom is -0.489 e. The molecule has 1 aromatic carbocycles. The number of hydrogen-bond donors (Lipinski definition) is 2. The number of benzene rings is 1. The molecule has 1 fully saturated rings. The monoisotopic (exact) mass is 303 g/mol. The highest BCUT2D eigenvalue weighted by Crippen LogP contribution is 2.20. The van der Waals surface area contributed by atoms with Gasteiger partial charge in [0.05, 0.1) is 0 Å². The summed E-state index contributed by atoms with van der Waals surface area (Å²) in [6, 6.07) is 8.17. The molecule has 1 aliphatic heterocycles. The highest BCUT2D eigenvalue weighted by molar-refractivity contribution is 5.78. The zero-order valence-corrected chi connectivity index (χ0v) is 13.2. The fourth-order valence-corrected chi connectivity index (χ4v) is 2.63. The van der Waals surface area contributed by atoms with Crippen LogP contribution in [-0.2, 0) is 11.3 Å². The topological polar surface area (TPSA) is 67.6 Å². The maximum atomic E-state index is 11.5. The summed E-state index contributed by atoms with van der Waals surface area (Å²) in [5.74, 6) is 6.07. The second-order valence-electron chi connectivity index (χ2n) is 5.95. The number of nitrogens with one attached hydrogen (secondary N) is 1. The van der Waals surface area contributed by atoms with Gasteiger partial charge in [-0.15, -0.1) is 0 Å². The predicted molar refractivity (Wildman–Crippen MR) is 87.1 cm³/mol. The molecule has 1 amide bonds. The molecule has 0 unspecified atom stereocenters. The van der Waals surface area contributed by atoms with Crippen LogP contribution in [0.3, 0.4) is 0 Å². The third kappa shape index (κ3) is 4.86. The number of likely N-dealkylation sites (tertiary alicyclic amines) is 1. The van der Waals surface area contributed by atoms with E-state index in [-0.39, 0.29) is 11.8 Å². The Hall–Kier alpha value is -1.85. The van der Waals surface area contributed by atoms with Crippen molar-refractivity contribution in [2.75, 3.05) is 19.7 Å². The number of nitrogens with two attached hydrogens (primary N) is 1. The molecule has 0 spiro atoms. The lowest BCUT2D eigenvalue weighted by molar-refractivity contribution is -0.126. The van der Waals surface area contributed by atoms with Gasteiger partial charge in [-0.05, 0) is 56.1 Å². The van der Waals surface area contributed by atoms with E-state index in [2.05, 4.69) is 29.0 Å². The molecule has 1 aliphatic rings. The molecule has 0 bridgehead atoms. The summed E-state index contributed by atoms with van der Waals surface area (Å²) >= 11 is 0. The lowest BCUT2D eigenvalue weighted by atomic mass is 9.96. The second kappa shape index (κ2) is 7.96. The lowest BCUT2D eigenvalue weighted by Crippen LogP contribution is -2.42. The van der Waals surface area contributed by atoms with Crippen LogP contribution in [0.4, 0.5) is 0 Å². The van der Waals surface area contributed by atoms with Crippen LogP contribution in [0, 0.1) is 5.92 Å². The van der Waals surface area contributed by atoms with Crippen LogP contribution in [0.1, 0.15) is 25.3 Å². The lowest BCUT2D eigenvalue weighted by Gasteiger charge is -2.30. The first kappa shape index (κ1) is 16.5. The Morgan fingerprint density at radius 1 is 1.36 bits per heavy atom. The number of rotatable bonds is 6. The van der Waals surface area contributed by atoms with Gasteiger partial charge in [0, 0.05) is 12.5 Å². The highest BCUT2D eigenvalue weighted by Gasteiger charge is 2.24. The van der Waals surface area contributed by atoms with Crippen molar-refractivity contribution in [3.63, 3.8) is 0 Å². The van der Waals surface area contributed by atoms with Crippen LogP contribution in [0.2, 0.25) is 0 Å². The van der Waals surface area contributed by atoms with Gasteiger partial charge in [-0.3, -0.25) is 15.1 Å². The van der Waals surface area contributed by atoms with E-state index in [1.54, 1.807) is 0 Å². The van der Waals surface area contributed by atoms with E-state index < -0.39 is 0 Å². The van der Waals surface area contributed by atoms with E-state index >= 15 is 0 Å². The molecule has 1 aromatic rings. The van der Waals surface area contributed by atoms with E-state index in [0.29, 0.717) is 6.61 Å². The third-order valence-electron chi connectivity index (χ3n) is 3.92. The number of carbonyl (C=O) groups is 1.